The molecule has 14 nitrogen and oxygen atoms in total. The molecule has 6 bridgehead atoms. The van der Waals surface area contributed by atoms with Crippen molar-refractivity contribution in [3.05, 3.63) is 23.0 Å². The van der Waals surface area contributed by atoms with Crippen LogP contribution in [0.5, 0.6) is 0 Å². The van der Waals surface area contributed by atoms with Gasteiger partial charge in [0.05, 0.1) is 19.5 Å². The van der Waals surface area contributed by atoms with Crippen molar-refractivity contribution in [1.29, 1.82) is 0 Å². The molecule has 1 saturated heterocycles. The van der Waals surface area contributed by atoms with Gasteiger partial charge in [0, 0.05) is 6.54 Å². The molecule has 0 radical (unpaired) electrons. The zero-order chi connectivity index (χ0) is 22.4. The van der Waals surface area contributed by atoms with E-state index in [4.69, 9.17) is 13.8 Å². The van der Waals surface area contributed by atoms with Crippen LogP contribution in [0.15, 0.2) is 17.4 Å². The molecule has 4 N–H and O–H groups in total. The van der Waals surface area contributed by atoms with Crippen LogP contribution in [-0.2, 0) is 29.5 Å². The second kappa shape index (κ2) is 8.47. The Morgan fingerprint density at radius 1 is 1.03 bits per heavy atom. The van der Waals surface area contributed by atoms with Gasteiger partial charge in [0.1, 0.15) is 24.6 Å². The van der Waals surface area contributed by atoms with Crippen LogP contribution < -0.4 is 5.56 Å². The molecule has 1 fully saturated rings. The summed E-state index contributed by atoms with van der Waals surface area (Å²) in [6.07, 6.45) is -2.17. The van der Waals surface area contributed by atoms with Crippen molar-refractivity contribution in [2.45, 2.75) is 43.9 Å². The number of aromatic nitrogens is 4. The zero-order valence-electron chi connectivity index (χ0n) is 16.1. The SMILES string of the molecule is O=c1c2ncn3c2ncn1CCCCOP(=O)(O)CP(=O)(O)OC[C@@H]1O[C@H]3C(O)C1O. The van der Waals surface area contributed by atoms with Crippen LogP contribution in [0.1, 0.15) is 19.1 Å². The Morgan fingerprint density at radius 2 is 1.77 bits per heavy atom. The Labute approximate surface area is 175 Å². The minimum absolute atomic E-state index is 0.0320. The standard InChI is InChI=1S/C15H22N4O10P2/c20-11-9-5-28-31(25,26)8-30(23,24)27-4-2-1-3-18-6-17-13-10(14(18)22)16-7-19(13)15(29-9)12(11)21/h6-7,9,11-12,15,20-21H,1-5,8H2,(H,23,24)(H,25,26)/t9-,11?,12?,15-/m0/s1. The van der Waals surface area contributed by atoms with Crippen LogP contribution in [0, 0.1) is 0 Å². The predicted molar refractivity (Wildman–Crippen MR) is 103 cm³/mol. The summed E-state index contributed by atoms with van der Waals surface area (Å²) in [5, 5.41) is 20.7. The van der Waals surface area contributed by atoms with Crippen LogP contribution in [0.4, 0.5) is 0 Å². The minimum Gasteiger partial charge on any atom is -0.387 e. The maximum atomic E-state index is 12.7. The molecule has 172 valence electrons. The Balaban J connectivity index is 1.69. The molecule has 0 saturated carbocycles. The molecule has 5 rings (SSSR count). The Morgan fingerprint density at radius 3 is 2.55 bits per heavy atom. The largest absolute Gasteiger partial charge is 0.387 e. The molecule has 6 atom stereocenters. The van der Waals surface area contributed by atoms with E-state index in [1.165, 1.54) is 21.8 Å². The fraction of sp³-hybridized carbons (Fsp3) is 0.667. The smallest absolute Gasteiger partial charge is 0.340 e. The summed E-state index contributed by atoms with van der Waals surface area (Å²) >= 11 is 0. The van der Waals surface area contributed by atoms with E-state index in [-0.39, 0.29) is 24.3 Å². The first-order valence-electron chi connectivity index (χ1n) is 9.44. The number of aliphatic hydroxyl groups is 2. The monoisotopic (exact) mass is 480 g/mol. The zero-order valence-corrected chi connectivity index (χ0v) is 17.9. The summed E-state index contributed by atoms with van der Waals surface area (Å²) in [4.78, 5) is 40.7. The molecule has 4 unspecified atom stereocenters. The van der Waals surface area contributed by atoms with Crippen LogP contribution in [0.3, 0.4) is 0 Å². The topological polar surface area (TPSA) is 195 Å². The third-order valence-electron chi connectivity index (χ3n) is 5.05. The van der Waals surface area contributed by atoms with Gasteiger partial charge in [0.2, 0.25) is 0 Å². The van der Waals surface area contributed by atoms with Gasteiger partial charge in [0.15, 0.2) is 23.3 Å². The van der Waals surface area contributed by atoms with Crippen LogP contribution >= 0.6 is 15.2 Å². The van der Waals surface area contributed by atoms with Gasteiger partial charge in [-0.25, -0.2) is 9.97 Å². The average molecular weight is 480 g/mol. The van der Waals surface area contributed by atoms with E-state index in [1.54, 1.807) is 0 Å². The highest BCUT2D eigenvalue weighted by Crippen LogP contribution is 2.58. The first kappa shape index (κ1) is 22.7. The summed E-state index contributed by atoms with van der Waals surface area (Å²) in [5.41, 5.74) is -0.255. The van der Waals surface area contributed by atoms with Gasteiger partial charge in [-0.15, -0.1) is 0 Å². The Kier molecular flexibility index (Phi) is 6.21. The van der Waals surface area contributed by atoms with Crippen LogP contribution in [0.2, 0.25) is 0 Å². The summed E-state index contributed by atoms with van der Waals surface area (Å²) in [7, 11) is -9.00. The summed E-state index contributed by atoms with van der Waals surface area (Å²) in [6.45, 7) is -0.584. The van der Waals surface area contributed by atoms with Gasteiger partial charge in [-0.3, -0.25) is 23.1 Å². The van der Waals surface area contributed by atoms with E-state index >= 15 is 0 Å². The van der Waals surface area contributed by atoms with Crippen LogP contribution in [0.25, 0.3) is 11.2 Å². The molecule has 0 aliphatic carbocycles. The number of hydrogen-bond donors (Lipinski definition) is 4. The van der Waals surface area contributed by atoms with E-state index in [9.17, 15) is 33.9 Å². The number of imidazole rings is 1. The lowest BCUT2D eigenvalue weighted by Gasteiger charge is -2.20. The molecule has 16 heteroatoms. The lowest BCUT2D eigenvalue weighted by molar-refractivity contribution is -0.0484. The fourth-order valence-corrected chi connectivity index (χ4v) is 6.73. The average Bonchev–Trinajstić information content (AvgIpc) is 3.22. The van der Waals surface area contributed by atoms with Crippen molar-refractivity contribution < 1.29 is 42.9 Å². The Hall–Kier alpha value is -1.47. The third kappa shape index (κ3) is 4.68. The minimum atomic E-state index is -4.57. The van der Waals surface area contributed by atoms with Crippen molar-refractivity contribution in [3.8, 4) is 0 Å². The number of aryl methyl sites for hydroxylation is 1. The van der Waals surface area contributed by atoms with Crippen LogP contribution in [-0.4, -0.2) is 76.5 Å². The van der Waals surface area contributed by atoms with Gasteiger partial charge in [-0.2, -0.15) is 0 Å². The molecular formula is C15H22N4O10P2. The molecule has 2 aromatic heterocycles. The summed E-state index contributed by atoms with van der Waals surface area (Å²) in [5.74, 6) is -1.14. The van der Waals surface area contributed by atoms with E-state index in [1.807, 2.05) is 0 Å². The van der Waals surface area contributed by atoms with Crippen molar-refractivity contribution >= 4 is 26.4 Å². The van der Waals surface area contributed by atoms with Crippen molar-refractivity contribution in [2.24, 2.45) is 0 Å². The number of rotatable bonds is 0. The quantitative estimate of drug-likeness (QED) is 0.349. The first-order valence-corrected chi connectivity index (χ1v) is 13.0. The van der Waals surface area contributed by atoms with Crippen molar-refractivity contribution in [3.63, 3.8) is 0 Å². The molecule has 0 amide bonds. The lowest BCUT2D eigenvalue weighted by atomic mass is 10.1. The first-order chi connectivity index (χ1) is 14.6. The van der Waals surface area contributed by atoms with Gasteiger partial charge in [0.25, 0.3) is 5.56 Å². The third-order valence-corrected chi connectivity index (χ3v) is 9.04. The molecule has 2 aromatic rings. The van der Waals surface area contributed by atoms with Crippen molar-refractivity contribution in [2.75, 3.05) is 19.1 Å². The second-order valence-corrected chi connectivity index (χ2v) is 11.6. The number of fused-ring (bicyclic) bond motifs is 10. The van der Waals surface area contributed by atoms with Gasteiger partial charge >= 0.3 is 15.2 Å². The van der Waals surface area contributed by atoms with E-state index < -0.39 is 57.8 Å². The second-order valence-electron chi connectivity index (χ2n) is 7.37. The number of nitrogens with zero attached hydrogens (tertiary/aromatic N) is 4. The highest BCUT2D eigenvalue weighted by Gasteiger charge is 2.46. The maximum absolute atomic E-state index is 12.7. The summed E-state index contributed by atoms with van der Waals surface area (Å²) < 4.78 is 42.2. The lowest BCUT2D eigenvalue weighted by Crippen LogP contribution is -2.33. The molecule has 31 heavy (non-hydrogen) atoms. The molecule has 3 aliphatic heterocycles. The molecule has 5 heterocycles. The number of hydrogen-bond acceptors (Lipinski definition) is 10. The van der Waals surface area contributed by atoms with Gasteiger partial charge in [-0.1, -0.05) is 0 Å². The summed E-state index contributed by atoms with van der Waals surface area (Å²) in [6, 6.07) is 0. The molecule has 3 aliphatic rings. The van der Waals surface area contributed by atoms with Gasteiger partial charge in [-0.05, 0) is 12.8 Å². The predicted octanol–water partition coefficient (Wildman–Crippen LogP) is -0.633. The Bertz CT molecular complexity index is 1120. The fourth-order valence-electron chi connectivity index (χ4n) is 3.48. The van der Waals surface area contributed by atoms with E-state index in [0.717, 1.165) is 0 Å². The van der Waals surface area contributed by atoms with Gasteiger partial charge < -0.3 is 33.8 Å². The molecule has 0 aromatic carbocycles. The molecular weight excluding hydrogens is 458 g/mol. The highest BCUT2D eigenvalue weighted by molar-refractivity contribution is 7.70. The van der Waals surface area contributed by atoms with E-state index in [2.05, 4.69) is 9.97 Å². The number of aliphatic hydroxyl groups excluding tert-OH is 2. The molecule has 0 spiro atoms. The van der Waals surface area contributed by atoms with Crippen molar-refractivity contribution in [1.82, 2.24) is 19.1 Å². The highest BCUT2D eigenvalue weighted by atomic mass is 31.2. The number of ether oxygens (including phenoxy) is 1. The maximum Gasteiger partial charge on any atom is 0.340 e. The normalized spacial score (nSPS) is 37.8. The van der Waals surface area contributed by atoms with E-state index in [0.29, 0.717) is 12.8 Å².